The summed E-state index contributed by atoms with van der Waals surface area (Å²) in [5.74, 6) is -1.06. The van der Waals surface area contributed by atoms with E-state index in [9.17, 15) is 9.59 Å². The van der Waals surface area contributed by atoms with Crippen LogP contribution in [0.1, 0.15) is 35.2 Å². The molecule has 4 heteroatoms. The van der Waals surface area contributed by atoms with Gasteiger partial charge in [-0.05, 0) is 25.0 Å². The second-order valence-electron chi connectivity index (χ2n) is 4.24. The zero-order chi connectivity index (χ0) is 13.0. The first-order valence-electron chi connectivity index (χ1n) is 6.11. The van der Waals surface area contributed by atoms with Gasteiger partial charge < -0.3 is 9.47 Å². The molecule has 0 saturated carbocycles. The third-order valence-electron chi connectivity index (χ3n) is 3.01. The Balaban J connectivity index is 2.16. The summed E-state index contributed by atoms with van der Waals surface area (Å²) in [6.45, 7) is 3.32. The van der Waals surface area contributed by atoms with Crippen molar-refractivity contribution in [3.05, 3.63) is 35.4 Å². The largest absolute Gasteiger partial charge is 0.460 e. The predicted molar refractivity (Wildman–Crippen MR) is 65.6 cm³/mol. The van der Waals surface area contributed by atoms with Crippen LogP contribution in [0.2, 0.25) is 0 Å². The fourth-order valence-electron chi connectivity index (χ4n) is 2.05. The van der Waals surface area contributed by atoms with Crippen LogP contribution in [0.3, 0.4) is 0 Å². The molecule has 1 saturated heterocycles. The number of benzene rings is 1. The third-order valence-corrected chi connectivity index (χ3v) is 3.01. The Hall–Kier alpha value is -1.68. The normalized spacial score (nSPS) is 18.6. The Morgan fingerprint density at radius 3 is 2.94 bits per heavy atom. The number of hydrogen-bond acceptors (Lipinski definition) is 4. The second-order valence-corrected chi connectivity index (χ2v) is 4.24. The second kappa shape index (κ2) is 5.78. The highest BCUT2D eigenvalue weighted by Gasteiger charge is 2.21. The Bertz CT molecular complexity index is 447. The third kappa shape index (κ3) is 2.76. The van der Waals surface area contributed by atoms with Crippen molar-refractivity contribution in [1.82, 2.24) is 0 Å². The van der Waals surface area contributed by atoms with Crippen LogP contribution < -0.4 is 0 Å². The predicted octanol–water partition coefficient (Wildman–Crippen LogP) is 1.94. The standard InChI is InChI=1S/C14H16O4/c1-2-18-14(16)13(15)11-5-3-4-10(8-11)12-6-7-17-9-12/h3-5,8,12H,2,6-7,9H2,1H3. The Labute approximate surface area is 106 Å². The molecule has 1 atom stereocenters. The minimum Gasteiger partial charge on any atom is -0.460 e. The summed E-state index contributed by atoms with van der Waals surface area (Å²) in [5.41, 5.74) is 1.43. The highest BCUT2D eigenvalue weighted by molar-refractivity contribution is 6.40. The Kier molecular flexibility index (Phi) is 4.10. The molecule has 0 radical (unpaired) electrons. The van der Waals surface area contributed by atoms with Crippen LogP contribution in [0.15, 0.2) is 24.3 Å². The van der Waals surface area contributed by atoms with Gasteiger partial charge >= 0.3 is 5.97 Å². The van der Waals surface area contributed by atoms with Crippen LogP contribution in [-0.4, -0.2) is 31.6 Å². The number of esters is 1. The van der Waals surface area contributed by atoms with Crippen LogP contribution in [0.4, 0.5) is 0 Å². The zero-order valence-electron chi connectivity index (χ0n) is 10.3. The molecule has 1 aromatic rings. The number of ether oxygens (including phenoxy) is 2. The lowest BCUT2D eigenvalue weighted by Crippen LogP contribution is -2.17. The van der Waals surface area contributed by atoms with E-state index in [1.165, 1.54) is 0 Å². The van der Waals surface area contributed by atoms with Gasteiger partial charge in [-0.15, -0.1) is 0 Å². The van der Waals surface area contributed by atoms with Crippen molar-refractivity contribution in [2.75, 3.05) is 19.8 Å². The van der Waals surface area contributed by atoms with Crippen molar-refractivity contribution in [3.8, 4) is 0 Å². The molecule has 0 N–H and O–H groups in total. The maximum Gasteiger partial charge on any atom is 0.379 e. The Morgan fingerprint density at radius 1 is 1.44 bits per heavy atom. The molecule has 1 aliphatic heterocycles. The van der Waals surface area contributed by atoms with Crippen LogP contribution in [0.25, 0.3) is 0 Å². The number of Topliss-reactive ketones (excluding diaryl/α,β-unsaturated/α-hetero) is 1. The molecule has 4 nitrogen and oxygen atoms in total. The van der Waals surface area contributed by atoms with E-state index in [0.717, 1.165) is 18.6 Å². The van der Waals surface area contributed by atoms with Gasteiger partial charge in [0.2, 0.25) is 0 Å². The monoisotopic (exact) mass is 248 g/mol. The summed E-state index contributed by atoms with van der Waals surface area (Å²) < 4.78 is 10.0. The van der Waals surface area contributed by atoms with Crippen LogP contribution in [0, 0.1) is 0 Å². The lowest BCUT2D eigenvalue weighted by molar-refractivity contribution is -0.137. The van der Waals surface area contributed by atoms with E-state index >= 15 is 0 Å². The minimum atomic E-state index is -0.794. The highest BCUT2D eigenvalue weighted by Crippen LogP contribution is 2.25. The van der Waals surface area contributed by atoms with Crippen molar-refractivity contribution >= 4 is 11.8 Å². The first kappa shape index (κ1) is 12.8. The lowest BCUT2D eigenvalue weighted by atomic mass is 9.96. The van der Waals surface area contributed by atoms with Gasteiger partial charge in [-0.3, -0.25) is 4.79 Å². The first-order valence-corrected chi connectivity index (χ1v) is 6.11. The molecule has 0 aliphatic carbocycles. The van der Waals surface area contributed by atoms with E-state index in [4.69, 9.17) is 9.47 Å². The summed E-state index contributed by atoms with van der Waals surface area (Å²) in [6.07, 6.45) is 0.955. The molecular formula is C14H16O4. The highest BCUT2D eigenvalue weighted by atomic mass is 16.5. The van der Waals surface area contributed by atoms with Crippen molar-refractivity contribution in [2.24, 2.45) is 0 Å². The van der Waals surface area contributed by atoms with Crippen LogP contribution in [-0.2, 0) is 14.3 Å². The maximum absolute atomic E-state index is 11.8. The topological polar surface area (TPSA) is 52.6 Å². The van der Waals surface area contributed by atoms with Gasteiger partial charge in [0.25, 0.3) is 5.78 Å². The van der Waals surface area contributed by atoms with E-state index in [2.05, 4.69) is 0 Å². The first-order chi connectivity index (χ1) is 8.72. The molecule has 1 heterocycles. The van der Waals surface area contributed by atoms with E-state index in [1.54, 1.807) is 25.1 Å². The number of ketones is 1. The number of hydrogen-bond donors (Lipinski definition) is 0. The average molecular weight is 248 g/mol. The van der Waals surface area contributed by atoms with E-state index in [0.29, 0.717) is 18.1 Å². The molecule has 18 heavy (non-hydrogen) atoms. The van der Waals surface area contributed by atoms with Gasteiger partial charge in [0, 0.05) is 18.1 Å². The summed E-state index contributed by atoms with van der Waals surface area (Å²) in [6, 6.07) is 7.15. The molecule has 2 rings (SSSR count). The number of carbonyl (C=O) groups is 2. The zero-order valence-corrected chi connectivity index (χ0v) is 10.3. The van der Waals surface area contributed by atoms with Gasteiger partial charge in [-0.25, -0.2) is 4.79 Å². The average Bonchev–Trinajstić information content (AvgIpc) is 2.92. The summed E-state index contributed by atoms with van der Waals surface area (Å²) in [4.78, 5) is 23.2. The fraction of sp³-hybridized carbons (Fsp3) is 0.429. The van der Waals surface area contributed by atoms with Gasteiger partial charge in [-0.1, -0.05) is 18.2 Å². The van der Waals surface area contributed by atoms with Gasteiger partial charge in [-0.2, -0.15) is 0 Å². The van der Waals surface area contributed by atoms with Crippen molar-refractivity contribution in [2.45, 2.75) is 19.3 Å². The molecule has 1 fully saturated rings. The van der Waals surface area contributed by atoms with Crippen molar-refractivity contribution in [1.29, 1.82) is 0 Å². The minimum absolute atomic E-state index is 0.209. The molecular weight excluding hydrogens is 232 g/mol. The van der Waals surface area contributed by atoms with E-state index in [-0.39, 0.29) is 6.61 Å². The molecule has 0 bridgehead atoms. The maximum atomic E-state index is 11.8. The van der Waals surface area contributed by atoms with Crippen molar-refractivity contribution < 1.29 is 19.1 Å². The van der Waals surface area contributed by atoms with Gasteiger partial charge in [0.15, 0.2) is 0 Å². The van der Waals surface area contributed by atoms with Crippen LogP contribution in [0.5, 0.6) is 0 Å². The fourth-order valence-corrected chi connectivity index (χ4v) is 2.05. The Morgan fingerprint density at radius 2 is 2.28 bits per heavy atom. The quantitative estimate of drug-likeness (QED) is 0.464. The summed E-state index contributed by atoms with van der Waals surface area (Å²) >= 11 is 0. The van der Waals surface area contributed by atoms with Gasteiger partial charge in [0.1, 0.15) is 0 Å². The van der Waals surface area contributed by atoms with Crippen LogP contribution >= 0.6 is 0 Å². The molecule has 0 aromatic heterocycles. The van der Waals surface area contributed by atoms with Crippen molar-refractivity contribution in [3.63, 3.8) is 0 Å². The SMILES string of the molecule is CCOC(=O)C(=O)c1cccc(C2CCOC2)c1. The lowest BCUT2D eigenvalue weighted by Gasteiger charge is -2.09. The number of rotatable bonds is 4. The molecule has 96 valence electrons. The molecule has 1 aromatic carbocycles. The van der Waals surface area contributed by atoms with E-state index < -0.39 is 11.8 Å². The summed E-state index contributed by atoms with van der Waals surface area (Å²) in [7, 11) is 0. The molecule has 0 spiro atoms. The summed E-state index contributed by atoms with van der Waals surface area (Å²) in [5, 5.41) is 0. The smallest absolute Gasteiger partial charge is 0.379 e. The molecule has 1 unspecified atom stereocenters. The molecule has 0 amide bonds. The number of carbonyl (C=O) groups excluding carboxylic acids is 2. The van der Waals surface area contributed by atoms with Gasteiger partial charge in [0.05, 0.1) is 13.2 Å². The van der Waals surface area contributed by atoms with E-state index in [1.807, 2.05) is 6.07 Å². The molecule has 1 aliphatic rings.